The number of aliphatic hydroxyl groups is 1. The largest absolute Gasteiger partial charge is 0.508 e. The highest BCUT2D eigenvalue weighted by Gasteiger charge is 2.06. The Morgan fingerprint density at radius 1 is 0.895 bits per heavy atom. The summed E-state index contributed by atoms with van der Waals surface area (Å²) in [6, 6.07) is 5.67. The van der Waals surface area contributed by atoms with Gasteiger partial charge in [0.2, 0.25) is 0 Å². The fourth-order valence-corrected chi connectivity index (χ4v) is 2.53. The molecule has 19 heavy (non-hydrogen) atoms. The lowest BCUT2D eigenvalue weighted by molar-refractivity contribution is 0.297. The van der Waals surface area contributed by atoms with Gasteiger partial charge in [-0.3, -0.25) is 0 Å². The number of aryl methyl sites for hydroxylation is 1. The van der Waals surface area contributed by atoms with E-state index in [1.165, 1.54) is 50.5 Å². The number of aromatic hydroxyl groups is 1. The summed E-state index contributed by atoms with van der Waals surface area (Å²) < 4.78 is 0. The normalized spacial score (nSPS) is 10.8. The molecule has 108 valence electrons. The highest BCUT2D eigenvalue weighted by atomic mass is 16.3. The maximum atomic E-state index is 9.81. The van der Waals surface area contributed by atoms with Crippen LogP contribution in [0.25, 0.3) is 0 Å². The second-order valence-corrected chi connectivity index (χ2v) is 5.26. The molecule has 0 aliphatic carbocycles. The predicted molar refractivity (Wildman–Crippen MR) is 80.6 cm³/mol. The average molecular weight is 264 g/mol. The minimum atomic E-state index is 0.0988. The highest BCUT2D eigenvalue weighted by molar-refractivity contribution is 5.39. The van der Waals surface area contributed by atoms with Gasteiger partial charge in [0.15, 0.2) is 0 Å². The second-order valence-electron chi connectivity index (χ2n) is 5.26. The lowest BCUT2D eigenvalue weighted by atomic mass is 9.98. The molecule has 0 radical (unpaired) electrons. The Morgan fingerprint density at radius 2 is 1.58 bits per heavy atom. The van der Waals surface area contributed by atoms with Crippen LogP contribution in [0.4, 0.5) is 0 Å². The first-order valence-electron chi connectivity index (χ1n) is 7.70. The van der Waals surface area contributed by atoms with Crippen LogP contribution < -0.4 is 0 Å². The van der Waals surface area contributed by atoms with Crippen LogP contribution in [0.3, 0.4) is 0 Å². The van der Waals surface area contributed by atoms with Gasteiger partial charge in [-0.05, 0) is 36.5 Å². The summed E-state index contributed by atoms with van der Waals surface area (Å²) >= 11 is 0. The minimum Gasteiger partial charge on any atom is -0.508 e. The van der Waals surface area contributed by atoms with Gasteiger partial charge in [-0.2, -0.15) is 0 Å². The number of hydrogen-bond donors (Lipinski definition) is 2. The molecule has 0 fully saturated rings. The van der Waals surface area contributed by atoms with E-state index in [0.717, 1.165) is 12.0 Å². The van der Waals surface area contributed by atoms with Crippen LogP contribution in [0.2, 0.25) is 0 Å². The molecule has 0 aliphatic rings. The van der Waals surface area contributed by atoms with E-state index in [1.807, 2.05) is 6.07 Å². The van der Waals surface area contributed by atoms with Crippen LogP contribution in [-0.4, -0.2) is 16.8 Å². The molecule has 0 saturated heterocycles. The zero-order valence-corrected chi connectivity index (χ0v) is 12.2. The van der Waals surface area contributed by atoms with Crippen molar-refractivity contribution in [3.63, 3.8) is 0 Å². The highest BCUT2D eigenvalue weighted by Crippen LogP contribution is 2.23. The molecule has 1 rings (SSSR count). The molecule has 1 aromatic carbocycles. The van der Waals surface area contributed by atoms with Crippen LogP contribution in [0.1, 0.15) is 63.0 Å². The molecule has 0 heterocycles. The molecule has 2 heteroatoms. The van der Waals surface area contributed by atoms with Crippen LogP contribution >= 0.6 is 0 Å². The Balaban J connectivity index is 2.30. The Kier molecular flexibility index (Phi) is 8.31. The Morgan fingerprint density at radius 3 is 2.26 bits per heavy atom. The van der Waals surface area contributed by atoms with E-state index in [4.69, 9.17) is 5.11 Å². The average Bonchev–Trinajstić information content (AvgIpc) is 2.41. The van der Waals surface area contributed by atoms with Crippen molar-refractivity contribution in [2.24, 2.45) is 0 Å². The van der Waals surface area contributed by atoms with Crippen LogP contribution in [0, 0.1) is 0 Å². The molecule has 0 aliphatic heterocycles. The van der Waals surface area contributed by atoms with E-state index < -0.39 is 0 Å². The van der Waals surface area contributed by atoms with Gasteiger partial charge in [0.25, 0.3) is 0 Å². The molecular weight excluding hydrogens is 236 g/mol. The first-order valence-corrected chi connectivity index (χ1v) is 7.70. The van der Waals surface area contributed by atoms with Crippen molar-refractivity contribution in [2.45, 2.75) is 64.7 Å². The van der Waals surface area contributed by atoms with Crippen molar-refractivity contribution in [3.05, 3.63) is 29.3 Å². The molecule has 0 spiro atoms. The number of benzene rings is 1. The van der Waals surface area contributed by atoms with Gasteiger partial charge >= 0.3 is 0 Å². The fraction of sp³-hybridized carbons (Fsp3) is 0.647. The zero-order valence-electron chi connectivity index (χ0n) is 12.2. The van der Waals surface area contributed by atoms with E-state index in [-0.39, 0.29) is 6.61 Å². The molecule has 1 aromatic rings. The van der Waals surface area contributed by atoms with Crippen LogP contribution in [-0.2, 0) is 12.8 Å². The number of phenols is 1. The molecule has 0 amide bonds. The SMILES string of the molecule is CCCCCCCCCc1cccc(O)c1CCO. The van der Waals surface area contributed by atoms with Gasteiger partial charge in [0.1, 0.15) is 5.75 Å². The third-order valence-electron chi connectivity index (χ3n) is 3.66. The summed E-state index contributed by atoms with van der Waals surface area (Å²) in [5, 5.41) is 18.9. The van der Waals surface area contributed by atoms with E-state index >= 15 is 0 Å². The standard InChI is InChI=1S/C17H28O2/c1-2-3-4-5-6-7-8-10-15-11-9-12-17(19)16(15)13-14-18/h9,11-12,18-19H,2-8,10,13-14H2,1H3. The topological polar surface area (TPSA) is 40.5 Å². The molecule has 2 N–H and O–H groups in total. The summed E-state index contributed by atoms with van der Waals surface area (Å²) in [7, 11) is 0. The number of unbranched alkanes of at least 4 members (excludes halogenated alkanes) is 6. The van der Waals surface area contributed by atoms with Crippen molar-refractivity contribution in [2.75, 3.05) is 6.61 Å². The third kappa shape index (κ3) is 6.11. The number of aliphatic hydroxyl groups excluding tert-OH is 1. The monoisotopic (exact) mass is 264 g/mol. The quantitative estimate of drug-likeness (QED) is 0.621. The Labute approximate surface area is 117 Å². The minimum absolute atomic E-state index is 0.0988. The maximum absolute atomic E-state index is 9.81. The fourth-order valence-electron chi connectivity index (χ4n) is 2.53. The molecule has 2 nitrogen and oxygen atoms in total. The molecule has 0 unspecified atom stereocenters. The van der Waals surface area contributed by atoms with E-state index in [2.05, 4.69) is 13.0 Å². The smallest absolute Gasteiger partial charge is 0.119 e. The second kappa shape index (κ2) is 9.85. The van der Waals surface area contributed by atoms with E-state index in [1.54, 1.807) is 6.07 Å². The lowest BCUT2D eigenvalue weighted by Crippen LogP contribution is -1.98. The number of phenolic OH excluding ortho intramolecular Hbond substituents is 1. The van der Waals surface area contributed by atoms with E-state index in [0.29, 0.717) is 12.2 Å². The Hall–Kier alpha value is -1.02. The van der Waals surface area contributed by atoms with Gasteiger partial charge in [0, 0.05) is 6.61 Å². The van der Waals surface area contributed by atoms with Gasteiger partial charge in [-0.25, -0.2) is 0 Å². The molecule has 0 aromatic heterocycles. The van der Waals surface area contributed by atoms with Crippen molar-refractivity contribution < 1.29 is 10.2 Å². The van der Waals surface area contributed by atoms with Crippen molar-refractivity contribution in [1.29, 1.82) is 0 Å². The molecule has 0 bridgehead atoms. The zero-order chi connectivity index (χ0) is 13.9. The molecule has 0 saturated carbocycles. The number of rotatable bonds is 10. The van der Waals surface area contributed by atoms with Crippen molar-refractivity contribution in [1.82, 2.24) is 0 Å². The summed E-state index contributed by atoms with van der Waals surface area (Å²) in [6.45, 7) is 2.34. The molecule has 0 atom stereocenters. The van der Waals surface area contributed by atoms with Crippen LogP contribution in [0.5, 0.6) is 5.75 Å². The number of hydrogen-bond acceptors (Lipinski definition) is 2. The van der Waals surface area contributed by atoms with E-state index in [9.17, 15) is 5.11 Å². The van der Waals surface area contributed by atoms with Crippen molar-refractivity contribution in [3.8, 4) is 5.75 Å². The summed E-state index contributed by atoms with van der Waals surface area (Å²) in [5.74, 6) is 0.328. The van der Waals surface area contributed by atoms with Gasteiger partial charge < -0.3 is 10.2 Å². The molecular formula is C17H28O2. The van der Waals surface area contributed by atoms with Gasteiger partial charge in [0.05, 0.1) is 0 Å². The van der Waals surface area contributed by atoms with Crippen molar-refractivity contribution >= 4 is 0 Å². The maximum Gasteiger partial charge on any atom is 0.119 e. The summed E-state index contributed by atoms with van der Waals surface area (Å²) in [6.07, 6.45) is 10.7. The Bertz CT molecular complexity index is 347. The first-order chi connectivity index (χ1) is 9.29. The summed E-state index contributed by atoms with van der Waals surface area (Å²) in [5.41, 5.74) is 2.12. The van der Waals surface area contributed by atoms with Crippen LogP contribution in [0.15, 0.2) is 18.2 Å². The lowest BCUT2D eigenvalue weighted by Gasteiger charge is -2.10. The first kappa shape index (κ1) is 16.0. The summed E-state index contributed by atoms with van der Waals surface area (Å²) in [4.78, 5) is 0. The third-order valence-corrected chi connectivity index (χ3v) is 3.66. The predicted octanol–water partition coefficient (Wildman–Crippen LogP) is 4.22. The van der Waals surface area contributed by atoms with Gasteiger partial charge in [-0.15, -0.1) is 0 Å². The van der Waals surface area contributed by atoms with Gasteiger partial charge in [-0.1, -0.05) is 57.6 Å².